The predicted octanol–water partition coefficient (Wildman–Crippen LogP) is 15.7. The topological polar surface area (TPSA) is 55.6 Å². The quantitative estimate of drug-likeness (QED) is 0.113. The molecule has 4 aromatic heterocycles. The van der Waals surface area contributed by atoms with Gasteiger partial charge in [0.05, 0.1) is 52.8 Å². The molecule has 0 aliphatic rings. The lowest BCUT2D eigenvalue weighted by Crippen LogP contribution is -2.31. The molecule has 4 heterocycles. The first kappa shape index (κ1) is 35.0. The van der Waals surface area contributed by atoms with Gasteiger partial charge in [0.2, 0.25) is 0 Å². The average Bonchev–Trinajstić information content (AvgIpc) is 4.25. The van der Waals surface area contributed by atoms with Crippen LogP contribution in [0.3, 0.4) is 0 Å². The van der Waals surface area contributed by atoms with Crippen LogP contribution in [0.15, 0.2) is 194 Å². The van der Waals surface area contributed by atoms with Gasteiger partial charge in [-0.05, 0) is 81.8 Å². The molecule has 0 aliphatic heterocycles. The number of aromatic nitrogens is 6. The van der Waals surface area contributed by atoms with Gasteiger partial charge in [-0.25, -0.2) is 15.0 Å². The molecule has 0 saturated carbocycles. The van der Waals surface area contributed by atoms with Crippen LogP contribution >= 0.6 is 0 Å². The summed E-state index contributed by atoms with van der Waals surface area (Å²) in [6.45, 7) is 19.3. The molecule has 11 rings (SSSR count). The van der Waals surface area contributed by atoms with E-state index < -0.39 is 65.8 Å². The zero-order valence-corrected chi connectivity index (χ0v) is 41.3. The SMILES string of the molecule is [2H]c1c([2H])c([2H])c(-c2cccc(-c3c([2H])c([2H])c([2H])c([2H])c3[2H])c2-[n+]2[c-]n(-c3cccc(N(c4ccc5c6ccccc6n(-c6cc(C(C)(C)C)ccn6)c5c4)c4cc(C(C)(C)C)nc(C(C)(C)C)n4)c3)c3ccccc32)c([2H])c1[2H]. The second kappa shape index (κ2) is 17.4. The first-order chi connectivity index (χ1) is 38.3. The number of hydrogen-bond donors (Lipinski definition) is 0. The standard InChI is InChI=1S/C64H59N7/c1-62(2,3)45-36-37-65-58(38-45)71-53-31-17-16-28-51(53)52-35-34-48(40-56(52)71)70(59-41-57(63(4,5)6)66-61(67-59)64(7,8)9)47-27-20-26-46(39-47)68-42-69(55-33-19-18-32-54(55)68)60-49(43-22-12-10-13-23-43)29-21-30-50(60)44-24-14-11-15-25-44/h10-41H,1-9H3/i10D,11D,12D,13D,14D,15D,22D,23D,24D,25D. The minimum absolute atomic E-state index is 0.131. The lowest BCUT2D eigenvalue weighted by atomic mass is 9.88. The third kappa shape index (κ3) is 8.35. The van der Waals surface area contributed by atoms with Gasteiger partial charge in [0, 0.05) is 45.2 Å². The molecule has 0 amide bonds. The Kier molecular flexibility index (Phi) is 8.56. The zero-order valence-electron chi connectivity index (χ0n) is 51.3. The summed E-state index contributed by atoms with van der Waals surface area (Å²) in [4.78, 5) is 17.7. The third-order valence-corrected chi connectivity index (χ3v) is 12.8. The van der Waals surface area contributed by atoms with Gasteiger partial charge in [0.25, 0.3) is 6.33 Å². The summed E-state index contributed by atoms with van der Waals surface area (Å²) >= 11 is 0. The van der Waals surface area contributed by atoms with Crippen LogP contribution < -0.4 is 9.47 Å². The normalized spacial score (nSPS) is 14.3. The van der Waals surface area contributed by atoms with E-state index in [1.165, 1.54) is 0 Å². The van der Waals surface area contributed by atoms with Crippen molar-refractivity contribution < 1.29 is 18.3 Å². The Bertz CT molecular complexity index is 4210. The van der Waals surface area contributed by atoms with Crippen molar-refractivity contribution in [2.45, 2.75) is 78.6 Å². The number of para-hydroxylation sites is 4. The maximum absolute atomic E-state index is 9.18. The van der Waals surface area contributed by atoms with Gasteiger partial charge in [-0.3, -0.25) is 18.6 Å². The summed E-state index contributed by atoms with van der Waals surface area (Å²) in [5.41, 5.74) is 6.63. The molecular weight excluding hydrogens is 867 g/mol. The number of rotatable bonds is 8. The highest BCUT2D eigenvalue weighted by Crippen LogP contribution is 2.42. The molecule has 11 aromatic rings. The van der Waals surface area contributed by atoms with Crippen LogP contribution in [-0.4, -0.2) is 24.1 Å². The molecule has 350 valence electrons. The highest BCUT2D eigenvalue weighted by atomic mass is 15.2. The summed E-state index contributed by atoms with van der Waals surface area (Å²) in [5.74, 6) is 2.10. The summed E-state index contributed by atoms with van der Waals surface area (Å²) < 4.78 is 94.2. The molecule has 0 saturated heterocycles. The monoisotopic (exact) mass is 936 g/mol. The molecule has 0 atom stereocenters. The van der Waals surface area contributed by atoms with Crippen molar-refractivity contribution in [3.63, 3.8) is 0 Å². The Morgan fingerprint density at radius 2 is 1.18 bits per heavy atom. The first-order valence-corrected chi connectivity index (χ1v) is 23.8. The van der Waals surface area contributed by atoms with E-state index in [1.54, 1.807) is 22.8 Å². The molecule has 71 heavy (non-hydrogen) atoms. The van der Waals surface area contributed by atoms with Crippen molar-refractivity contribution in [3.05, 3.63) is 217 Å². The minimum atomic E-state index is -0.571. The van der Waals surface area contributed by atoms with Crippen molar-refractivity contribution in [2.24, 2.45) is 0 Å². The fraction of sp³-hybridized carbons (Fsp3) is 0.188. The van der Waals surface area contributed by atoms with Crippen LogP contribution in [-0.2, 0) is 16.2 Å². The maximum Gasteiger partial charge on any atom is 0.269 e. The molecule has 0 aliphatic carbocycles. The lowest BCUT2D eigenvalue weighted by Gasteiger charge is -2.29. The van der Waals surface area contributed by atoms with Crippen LogP contribution in [0.2, 0.25) is 0 Å². The Morgan fingerprint density at radius 3 is 1.86 bits per heavy atom. The van der Waals surface area contributed by atoms with Gasteiger partial charge in [-0.1, -0.05) is 196 Å². The van der Waals surface area contributed by atoms with E-state index in [-0.39, 0.29) is 38.8 Å². The molecule has 7 aromatic carbocycles. The Morgan fingerprint density at radius 1 is 0.549 bits per heavy atom. The number of nitrogens with zero attached hydrogens (tertiary/aromatic N) is 7. The first-order valence-electron chi connectivity index (χ1n) is 28.8. The molecule has 0 N–H and O–H groups in total. The largest absolute Gasteiger partial charge is 0.295 e. The van der Waals surface area contributed by atoms with Gasteiger partial charge in [-0.2, -0.15) is 0 Å². The second-order valence-corrected chi connectivity index (χ2v) is 21.0. The number of hydrogen-bond acceptors (Lipinski definition) is 4. The third-order valence-electron chi connectivity index (χ3n) is 12.8. The van der Waals surface area contributed by atoms with Crippen molar-refractivity contribution in [3.8, 4) is 39.4 Å². The number of anilines is 3. The summed E-state index contributed by atoms with van der Waals surface area (Å²) in [7, 11) is 0. The highest BCUT2D eigenvalue weighted by molar-refractivity contribution is 6.10. The smallest absolute Gasteiger partial charge is 0.269 e. The molecule has 0 radical (unpaired) electrons. The zero-order chi connectivity index (χ0) is 57.9. The van der Waals surface area contributed by atoms with Gasteiger partial charge >= 0.3 is 0 Å². The molecule has 0 bridgehead atoms. The van der Waals surface area contributed by atoms with Crippen LogP contribution in [0.4, 0.5) is 17.2 Å². The second-order valence-electron chi connectivity index (χ2n) is 21.0. The summed E-state index contributed by atoms with van der Waals surface area (Å²) in [6, 6.07) is 36.1. The number of pyridine rings is 1. The number of imidazole rings is 1. The van der Waals surface area contributed by atoms with Crippen molar-refractivity contribution in [1.82, 2.24) is 24.1 Å². The van der Waals surface area contributed by atoms with Crippen LogP contribution in [0.25, 0.3) is 72.3 Å². The number of benzene rings is 7. The molecule has 7 heteroatoms. The van der Waals surface area contributed by atoms with E-state index in [9.17, 15) is 5.48 Å². The van der Waals surface area contributed by atoms with Crippen LogP contribution in [0.5, 0.6) is 0 Å². The van der Waals surface area contributed by atoms with Crippen molar-refractivity contribution in [1.29, 1.82) is 0 Å². The van der Waals surface area contributed by atoms with Crippen molar-refractivity contribution >= 4 is 50.0 Å². The Balaban J connectivity index is 1.19. The Hall–Kier alpha value is -8.16. The summed E-state index contributed by atoms with van der Waals surface area (Å²) in [5, 5.41) is 2.12. The Labute approximate surface area is 431 Å². The van der Waals surface area contributed by atoms with E-state index in [0.29, 0.717) is 28.4 Å². The lowest BCUT2D eigenvalue weighted by molar-refractivity contribution is -0.571. The average molecular weight is 936 g/mol. The molecular formula is C64H59N7. The maximum atomic E-state index is 9.18. The van der Waals surface area contributed by atoms with E-state index >= 15 is 0 Å². The molecule has 0 unspecified atom stereocenters. The van der Waals surface area contributed by atoms with Crippen LogP contribution in [0, 0.1) is 6.33 Å². The van der Waals surface area contributed by atoms with E-state index in [0.717, 1.165) is 50.3 Å². The van der Waals surface area contributed by atoms with Gasteiger partial charge in [-0.15, -0.1) is 0 Å². The van der Waals surface area contributed by atoms with Crippen LogP contribution in [0.1, 0.15) is 93.1 Å². The highest BCUT2D eigenvalue weighted by Gasteiger charge is 2.28. The van der Waals surface area contributed by atoms with Gasteiger partial charge in [0.15, 0.2) is 0 Å². The molecule has 7 nitrogen and oxygen atoms in total. The minimum Gasteiger partial charge on any atom is -0.295 e. The van der Waals surface area contributed by atoms with Gasteiger partial charge in [0.1, 0.15) is 17.5 Å². The molecule has 0 fully saturated rings. The van der Waals surface area contributed by atoms with E-state index in [1.807, 2.05) is 65.4 Å². The summed E-state index contributed by atoms with van der Waals surface area (Å²) in [6.07, 6.45) is 5.43. The fourth-order valence-electron chi connectivity index (χ4n) is 9.18. The molecule has 0 spiro atoms. The van der Waals surface area contributed by atoms with Crippen molar-refractivity contribution in [2.75, 3.05) is 4.90 Å². The van der Waals surface area contributed by atoms with Gasteiger partial charge < -0.3 is 0 Å². The predicted molar refractivity (Wildman–Crippen MR) is 293 cm³/mol. The number of fused-ring (bicyclic) bond motifs is 4. The van der Waals surface area contributed by atoms with E-state index in [4.69, 9.17) is 23.2 Å². The fourth-order valence-corrected chi connectivity index (χ4v) is 9.18. The van der Waals surface area contributed by atoms with E-state index in [2.05, 4.69) is 133 Å².